The Morgan fingerprint density at radius 1 is 1.07 bits per heavy atom. The number of nitrogens with zero attached hydrogens (tertiary/aromatic N) is 3. The molecule has 1 saturated heterocycles. The van der Waals surface area contributed by atoms with Crippen LogP contribution in [0.2, 0.25) is 0 Å². The average molecular weight is 406 g/mol. The van der Waals surface area contributed by atoms with Crippen LogP contribution in [0, 0.1) is 11.7 Å². The normalized spacial score (nSPS) is 16.2. The Labute approximate surface area is 174 Å². The molecular weight excluding hydrogens is 383 g/mol. The molecule has 1 fully saturated rings. The van der Waals surface area contributed by atoms with Crippen LogP contribution in [0.5, 0.6) is 5.75 Å². The summed E-state index contributed by atoms with van der Waals surface area (Å²) < 4.78 is 18.3. The van der Waals surface area contributed by atoms with Gasteiger partial charge >= 0.3 is 0 Å². The van der Waals surface area contributed by atoms with Crippen molar-refractivity contribution in [3.8, 4) is 16.9 Å². The SMILES string of the molecule is COc1ccc(NC(=O)C2CCCN(c3ncc(-c4ccc(F)cc4)cn3)C2)cc1. The summed E-state index contributed by atoms with van der Waals surface area (Å²) in [5, 5.41) is 2.98. The van der Waals surface area contributed by atoms with Gasteiger partial charge in [-0.2, -0.15) is 0 Å². The van der Waals surface area contributed by atoms with Gasteiger partial charge in [0.2, 0.25) is 11.9 Å². The van der Waals surface area contributed by atoms with E-state index in [9.17, 15) is 9.18 Å². The van der Waals surface area contributed by atoms with Crippen molar-refractivity contribution in [1.82, 2.24) is 9.97 Å². The molecule has 0 bridgehead atoms. The zero-order valence-corrected chi connectivity index (χ0v) is 16.7. The van der Waals surface area contributed by atoms with Gasteiger partial charge in [-0.1, -0.05) is 12.1 Å². The van der Waals surface area contributed by atoms with Crippen LogP contribution < -0.4 is 15.0 Å². The minimum atomic E-state index is -0.274. The van der Waals surface area contributed by atoms with Gasteiger partial charge in [-0.25, -0.2) is 14.4 Å². The molecule has 6 nitrogen and oxygen atoms in total. The van der Waals surface area contributed by atoms with Gasteiger partial charge in [0, 0.05) is 36.7 Å². The van der Waals surface area contributed by atoms with Crippen LogP contribution in [0.3, 0.4) is 0 Å². The van der Waals surface area contributed by atoms with E-state index in [4.69, 9.17) is 4.74 Å². The first-order valence-electron chi connectivity index (χ1n) is 9.90. The Kier molecular flexibility index (Phi) is 5.88. The fraction of sp³-hybridized carbons (Fsp3) is 0.261. The predicted molar refractivity (Wildman–Crippen MR) is 114 cm³/mol. The molecule has 4 rings (SSSR count). The molecular formula is C23H23FN4O2. The molecule has 1 atom stereocenters. The number of rotatable bonds is 5. The molecule has 30 heavy (non-hydrogen) atoms. The Bertz CT molecular complexity index is 991. The summed E-state index contributed by atoms with van der Waals surface area (Å²) >= 11 is 0. The third kappa shape index (κ3) is 4.56. The average Bonchev–Trinajstić information content (AvgIpc) is 2.80. The second kappa shape index (κ2) is 8.90. The van der Waals surface area contributed by atoms with Crippen molar-refractivity contribution >= 4 is 17.5 Å². The molecule has 1 aliphatic rings. The minimum Gasteiger partial charge on any atom is -0.497 e. The van der Waals surface area contributed by atoms with Crippen molar-refractivity contribution in [2.24, 2.45) is 5.92 Å². The van der Waals surface area contributed by atoms with Gasteiger partial charge in [-0.3, -0.25) is 4.79 Å². The van der Waals surface area contributed by atoms with E-state index in [1.807, 2.05) is 29.2 Å². The lowest BCUT2D eigenvalue weighted by Crippen LogP contribution is -2.41. The summed E-state index contributed by atoms with van der Waals surface area (Å²) in [7, 11) is 1.61. The van der Waals surface area contributed by atoms with E-state index in [1.54, 1.807) is 31.6 Å². The molecule has 0 saturated carbocycles. The van der Waals surface area contributed by atoms with E-state index in [0.29, 0.717) is 12.5 Å². The number of methoxy groups -OCH3 is 1. The summed E-state index contributed by atoms with van der Waals surface area (Å²) in [5.74, 6) is 0.929. The smallest absolute Gasteiger partial charge is 0.229 e. The number of aromatic nitrogens is 2. The number of carbonyl (C=O) groups excluding carboxylic acids is 1. The summed E-state index contributed by atoms with van der Waals surface area (Å²) in [6.07, 6.45) is 5.18. The van der Waals surface area contributed by atoms with Gasteiger partial charge < -0.3 is 15.0 Å². The van der Waals surface area contributed by atoms with Crippen LogP contribution in [-0.4, -0.2) is 36.1 Å². The molecule has 2 heterocycles. The molecule has 1 N–H and O–H groups in total. The fourth-order valence-electron chi connectivity index (χ4n) is 3.57. The van der Waals surface area contributed by atoms with Crippen molar-refractivity contribution in [2.45, 2.75) is 12.8 Å². The summed E-state index contributed by atoms with van der Waals surface area (Å²) in [4.78, 5) is 23.7. The molecule has 2 aromatic carbocycles. The van der Waals surface area contributed by atoms with Crippen LogP contribution in [0.25, 0.3) is 11.1 Å². The first kappa shape index (κ1) is 19.8. The quantitative estimate of drug-likeness (QED) is 0.690. The number of piperidine rings is 1. The number of benzene rings is 2. The number of amides is 1. The third-order valence-electron chi connectivity index (χ3n) is 5.25. The number of halogens is 1. The van der Waals surface area contributed by atoms with Crippen molar-refractivity contribution in [3.63, 3.8) is 0 Å². The highest BCUT2D eigenvalue weighted by molar-refractivity contribution is 5.93. The first-order valence-corrected chi connectivity index (χ1v) is 9.90. The molecule has 0 radical (unpaired) electrons. The lowest BCUT2D eigenvalue weighted by molar-refractivity contribution is -0.120. The molecule has 0 spiro atoms. The van der Waals surface area contributed by atoms with Crippen LogP contribution in [-0.2, 0) is 4.79 Å². The number of ether oxygens (including phenoxy) is 1. The van der Waals surface area contributed by atoms with Crippen molar-refractivity contribution in [2.75, 3.05) is 30.4 Å². The van der Waals surface area contributed by atoms with Gasteiger partial charge in [-0.15, -0.1) is 0 Å². The molecule has 1 amide bonds. The maximum Gasteiger partial charge on any atom is 0.229 e. The molecule has 154 valence electrons. The fourth-order valence-corrected chi connectivity index (χ4v) is 3.57. The lowest BCUT2D eigenvalue weighted by atomic mass is 9.97. The zero-order valence-electron chi connectivity index (χ0n) is 16.7. The number of carbonyl (C=O) groups is 1. The van der Waals surface area contributed by atoms with E-state index in [0.717, 1.165) is 42.0 Å². The van der Waals surface area contributed by atoms with E-state index in [-0.39, 0.29) is 17.6 Å². The highest BCUT2D eigenvalue weighted by Crippen LogP contribution is 2.24. The standard InChI is InChI=1S/C23H23FN4O2/c1-30-21-10-8-20(9-11-21)27-22(29)17-3-2-12-28(15-17)23-25-13-18(14-26-23)16-4-6-19(24)7-5-16/h4-11,13-14,17H,2-3,12,15H2,1H3,(H,27,29). The molecule has 1 aliphatic heterocycles. The van der Waals surface area contributed by atoms with E-state index < -0.39 is 0 Å². The number of anilines is 2. The van der Waals surface area contributed by atoms with Crippen LogP contribution in [0.15, 0.2) is 60.9 Å². The van der Waals surface area contributed by atoms with Crippen LogP contribution in [0.4, 0.5) is 16.0 Å². The van der Waals surface area contributed by atoms with E-state index in [1.165, 1.54) is 12.1 Å². The Morgan fingerprint density at radius 3 is 2.43 bits per heavy atom. The second-order valence-electron chi connectivity index (χ2n) is 7.28. The molecule has 7 heteroatoms. The highest BCUT2D eigenvalue weighted by atomic mass is 19.1. The number of hydrogen-bond acceptors (Lipinski definition) is 5. The van der Waals surface area contributed by atoms with E-state index >= 15 is 0 Å². The lowest BCUT2D eigenvalue weighted by Gasteiger charge is -2.32. The third-order valence-corrected chi connectivity index (χ3v) is 5.25. The van der Waals surface area contributed by atoms with Crippen LogP contribution >= 0.6 is 0 Å². The molecule has 1 aromatic heterocycles. The Morgan fingerprint density at radius 2 is 1.77 bits per heavy atom. The van der Waals surface area contributed by atoms with Crippen molar-refractivity contribution in [3.05, 3.63) is 66.7 Å². The van der Waals surface area contributed by atoms with Crippen LogP contribution in [0.1, 0.15) is 12.8 Å². The predicted octanol–water partition coefficient (Wildman–Crippen LogP) is 4.15. The largest absolute Gasteiger partial charge is 0.497 e. The zero-order chi connectivity index (χ0) is 20.9. The first-order chi connectivity index (χ1) is 14.6. The summed E-state index contributed by atoms with van der Waals surface area (Å²) in [5.41, 5.74) is 2.43. The molecule has 3 aromatic rings. The second-order valence-corrected chi connectivity index (χ2v) is 7.28. The topological polar surface area (TPSA) is 67.3 Å². The Balaban J connectivity index is 1.40. The maximum atomic E-state index is 13.1. The number of nitrogens with one attached hydrogen (secondary N) is 1. The van der Waals surface area contributed by atoms with Gasteiger partial charge in [-0.05, 0) is 54.8 Å². The summed E-state index contributed by atoms with van der Waals surface area (Å²) in [6, 6.07) is 13.5. The van der Waals surface area contributed by atoms with Crippen molar-refractivity contribution < 1.29 is 13.9 Å². The Hall–Kier alpha value is -3.48. The summed E-state index contributed by atoms with van der Waals surface area (Å²) in [6.45, 7) is 1.38. The molecule has 1 unspecified atom stereocenters. The maximum absolute atomic E-state index is 13.1. The van der Waals surface area contributed by atoms with Gasteiger partial charge in [0.15, 0.2) is 0 Å². The minimum absolute atomic E-state index is 0.00667. The highest BCUT2D eigenvalue weighted by Gasteiger charge is 2.27. The van der Waals surface area contributed by atoms with Gasteiger partial charge in [0.1, 0.15) is 11.6 Å². The van der Waals surface area contributed by atoms with Crippen molar-refractivity contribution in [1.29, 1.82) is 0 Å². The number of hydrogen-bond donors (Lipinski definition) is 1. The van der Waals surface area contributed by atoms with Gasteiger partial charge in [0.05, 0.1) is 13.0 Å². The van der Waals surface area contributed by atoms with Gasteiger partial charge in [0.25, 0.3) is 0 Å². The monoisotopic (exact) mass is 406 g/mol. The van der Waals surface area contributed by atoms with E-state index in [2.05, 4.69) is 15.3 Å². The molecule has 0 aliphatic carbocycles.